The molecule has 0 atom stereocenters. The Morgan fingerprint density at radius 1 is 0.769 bits per heavy atom. The number of carbonyl (C=O) groups is 1. The van der Waals surface area contributed by atoms with Gasteiger partial charge >= 0.3 is 11.6 Å². The van der Waals surface area contributed by atoms with Crippen molar-refractivity contribution < 1.29 is 13.9 Å². The minimum Gasteiger partial charge on any atom is -0.463 e. The summed E-state index contributed by atoms with van der Waals surface area (Å²) in [4.78, 5) is 23.7. The fourth-order valence-corrected chi connectivity index (χ4v) is 5.02. The van der Waals surface area contributed by atoms with Crippen molar-refractivity contribution in [2.24, 2.45) is 0 Å². The molecule has 0 fully saturated rings. The van der Waals surface area contributed by atoms with Crippen molar-refractivity contribution in [3.05, 3.63) is 82.7 Å². The summed E-state index contributed by atoms with van der Waals surface area (Å²) >= 11 is 0. The molecule has 0 radical (unpaired) electrons. The van der Waals surface area contributed by atoms with Gasteiger partial charge in [0, 0.05) is 11.5 Å². The van der Waals surface area contributed by atoms with Gasteiger partial charge in [-0.15, -0.1) is 0 Å². The second kappa shape index (κ2) is 17.4. The average molecular weight is 531 g/mol. The van der Waals surface area contributed by atoms with E-state index in [2.05, 4.69) is 37.8 Å². The van der Waals surface area contributed by atoms with Gasteiger partial charge in [-0.05, 0) is 60.9 Å². The molecular formula is C35H46O4. The Kier molecular flexibility index (Phi) is 13.6. The Bertz CT molecular complexity index is 1210. The van der Waals surface area contributed by atoms with E-state index in [1.165, 1.54) is 81.4 Å². The summed E-state index contributed by atoms with van der Waals surface area (Å²) in [6.07, 6.45) is 19.0. The maximum atomic E-state index is 12.8. The van der Waals surface area contributed by atoms with Crippen LogP contribution in [0.4, 0.5) is 0 Å². The normalized spacial score (nSPS) is 11.1. The van der Waals surface area contributed by atoms with Crippen molar-refractivity contribution in [1.29, 1.82) is 0 Å². The van der Waals surface area contributed by atoms with Crippen molar-refractivity contribution in [2.75, 3.05) is 6.61 Å². The lowest BCUT2D eigenvalue weighted by atomic mass is 10.0. The van der Waals surface area contributed by atoms with Crippen molar-refractivity contribution >= 4 is 16.9 Å². The summed E-state index contributed by atoms with van der Waals surface area (Å²) in [5.74, 6) is -0.328. The topological polar surface area (TPSA) is 56.5 Å². The maximum absolute atomic E-state index is 12.8. The minimum atomic E-state index is -0.328. The molecule has 2 aromatic carbocycles. The second-order valence-electron chi connectivity index (χ2n) is 10.6. The smallest absolute Gasteiger partial charge is 0.344 e. The summed E-state index contributed by atoms with van der Waals surface area (Å²) in [6.45, 7) is 6.12. The van der Waals surface area contributed by atoms with Crippen LogP contribution in [-0.4, -0.2) is 12.6 Å². The van der Waals surface area contributed by atoms with Gasteiger partial charge in [0.25, 0.3) is 0 Å². The lowest BCUT2D eigenvalue weighted by Gasteiger charge is -2.07. The van der Waals surface area contributed by atoms with Gasteiger partial charge in [-0.1, -0.05) is 114 Å². The number of unbranched alkanes of at least 4 members (excludes halogenated alkanes) is 11. The molecule has 0 amide bonds. The lowest BCUT2D eigenvalue weighted by Crippen LogP contribution is -2.03. The van der Waals surface area contributed by atoms with Gasteiger partial charge in [0.15, 0.2) is 0 Å². The number of hydrogen-bond donors (Lipinski definition) is 0. The number of ether oxygens (including phenoxy) is 1. The number of esters is 1. The van der Waals surface area contributed by atoms with Crippen LogP contribution in [0.3, 0.4) is 0 Å². The van der Waals surface area contributed by atoms with Crippen molar-refractivity contribution in [2.45, 2.75) is 103 Å². The van der Waals surface area contributed by atoms with Crippen molar-refractivity contribution in [1.82, 2.24) is 0 Å². The Morgan fingerprint density at radius 3 is 2.03 bits per heavy atom. The second-order valence-corrected chi connectivity index (χ2v) is 10.6. The van der Waals surface area contributed by atoms with Crippen molar-refractivity contribution in [3.8, 4) is 11.1 Å². The molecule has 4 heteroatoms. The van der Waals surface area contributed by atoms with E-state index in [-0.39, 0.29) is 11.6 Å². The fourth-order valence-electron chi connectivity index (χ4n) is 5.02. The number of hydrogen-bond acceptors (Lipinski definition) is 4. The van der Waals surface area contributed by atoms with E-state index in [0.717, 1.165) is 43.1 Å². The third-order valence-electron chi connectivity index (χ3n) is 7.41. The molecule has 0 N–H and O–H groups in total. The van der Waals surface area contributed by atoms with Crippen LogP contribution in [0, 0.1) is 0 Å². The first kappa shape index (κ1) is 30.4. The van der Waals surface area contributed by atoms with Gasteiger partial charge in [0.1, 0.15) is 5.58 Å². The predicted octanol–water partition coefficient (Wildman–Crippen LogP) is 9.37. The van der Waals surface area contributed by atoms with E-state index < -0.39 is 0 Å². The molecule has 3 rings (SSSR count). The molecule has 0 saturated heterocycles. The molecule has 0 aliphatic heterocycles. The molecule has 3 aromatic rings. The largest absolute Gasteiger partial charge is 0.463 e. The zero-order valence-electron chi connectivity index (χ0n) is 23.8. The summed E-state index contributed by atoms with van der Waals surface area (Å²) < 4.78 is 10.7. The third-order valence-corrected chi connectivity index (χ3v) is 7.41. The number of fused-ring (bicyclic) bond motifs is 1. The lowest BCUT2D eigenvalue weighted by molar-refractivity contribution is -0.137. The van der Waals surface area contributed by atoms with E-state index in [0.29, 0.717) is 17.8 Å². The van der Waals surface area contributed by atoms with Gasteiger partial charge in [-0.3, -0.25) is 0 Å². The number of aryl methyl sites for hydroxylation is 2. The molecular weight excluding hydrogens is 484 g/mol. The molecule has 210 valence electrons. The molecule has 0 unspecified atom stereocenters. The standard InChI is InChI=1S/C35H46O4/c1-3-5-14-17-28-19-22-30(23-20-28)32-27-31-24-21-29(26-33(31)39-35(32)37)18-15-12-10-8-6-7-9-11-13-16-25-38-34(36)4-2/h4,19-24,26-27H,2-3,5-18,25H2,1H3. The van der Waals surface area contributed by atoms with E-state index in [9.17, 15) is 9.59 Å². The van der Waals surface area contributed by atoms with Crippen LogP contribution in [0.1, 0.15) is 102 Å². The molecule has 4 nitrogen and oxygen atoms in total. The highest BCUT2D eigenvalue weighted by Gasteiger charge is 2.09. The molecule has 0 bridgehead atoms. The average Bonchev–Trinajstić information content (AvgIpc) is 2.95. The van der Waals surface area contributed by atoms with Crippen LogP contribution in [-0.2, 0) is 22.4 Å². The maximum Gasteiger partial charge on any atom is 0.344 e. The first-order valence-electron chi connectivity index (χ1n) is 15.1. The van der Waals surface area contributed by atoms with Crippen LogP contribution in [0.25, 0.3) is 22.1 Å². The van der Waals surface area contributed by atoms with E-state index in [4.69, 9.17) is 9.15 Å². The first-order valence-corrected chi connectivity index (χ1v) is 15.1. The monoisotopic (exact) mass is 530 g/mol. The number of carbonyl (C=O) groups excluding carboxylic acids is 1. The Balaban J connectivity index is 1.34. The van der Waals surface area contributed by atoms with E-state index in [1.807, 2.05) is 24.3 Å². The molecule has 39 heavy (non-hydrogen) atoms. The van der Waals surface area contributed by atoms with Gasteiger partial charge in [-0.25, -0.2) is 9.59 Å². The number of rotatable bonds is 19. The highest BCUT2D eigenvalue weighted by Crippen LogP contribution is 2.24. The van der Waals surface area contributed by atoms with Crippen LogP contribution < -0.4 is 5.63 Å². The minimum absolute atomic E-state index is 0.269. The molecule has 0 saturated carbocycles. The Hall–Kier alpha value is -3.14. The van der Waals surface area contributed by atoms with Gasteiger partial charge in [0.2, 0.25) is 0 Å². The Labute approximate surface area is 234 Å². The van der Waals surface area contributed by atoms with Gasteiger partial charge in [0.05, 0.1) is 12.2 Å². The van der Waals surface area contributed by atoms with E-state index >= 15 is 0 Å². The van der Waals surface area contributed by atoms with E-state index in [1.54, 1.807) is 0 Å². The molecule has 1 aromatic heterocycles. The summed E-state index contributed by atoms with van der Waals surface area (Å²) in [5.41, 5.74) is 4.50. The molecule has 0 aliphatic carbocycles. The van der Waals surface area contributed by atoms with Gasteiger partial charge in [-0.2, -0.15) is 0 Å². The number of benzene rings is 2. The van der Waals surface area contributed by atoms with Crippen LogP contribution in [0.2, 0.25) is 0 Å². The zero-order chi connectivity index (χ0) is 27.7. The summed E-state index contributed by atoms with van der Waals surface area (Å²) in [6, 6.07) is 16.6. The summed E-state index contributed by atoms with van der Waals surface area (Å²) in [7, 11) is 0. The van der Waals surface area contributed by atoms with Crippen molar-refractivity contribution in [3.63, 3.8) is 0 Å². The quantitative estimate of drug-likeness (QED) is 0.0670. The predicted molar refractivity (Wildman–Crippen MR) is 162 cm³/mol. The molecule has 0 spiro atoms. The fraction of sp³-hybridized carbons (Fsp3) is 0.486. The summed E-state index contributed by atoms with van der Waals surface area (Å²) in [5, 5.41) is 0.971. The first-order chi connectivity index (χ1) is 19.1. The Morgan fingerprint density at radius 2 is 1.36 bits per heavy atom. The highest BCUT2D eigenvalue weighted by atomic mass is 16.5. The SMILES string of the molecule is C=CC(=O)OCCCCCCCCCCCCc1ccc2cc(-c3ccc(CCCCC)cc3)c(=O)oc2c1. The third kappa shape index (κ3) is 10.9. The van der Waals surface area contributed by atoms with Crippen LogP contribution in [0.15, 0.2) is 70.4 Å². The zero-order valence-corrected chi connectivity index (χ0v) is 23.8. The molecule has 0 aliphatic rings. The van der Waals surface area contributed by atoms with Crippen LogP contribution >= 0.6 is 0 Å². The highest BCUT2D eigenvalue weighted by molar-refractivity contribution is 5.82. The van der Waals surface area contributed by atoms with Crippen LogP contribution in [0.5, 0.6) is 0 Å². The van der Waals surface area contributed by atoms with Gasteiger partial charge < -0.3 is 9.15 Å². The molecule has 1 heterocycles.